The van der Waals surface area contributed by atoms with Gasteiger partial charge in [0.05, 0.1) is 12.2 Å². The number of nitrogens with zero attached hydrogens (tertiary/aromatic N) is 4. The summed E-state index contributed by atoms with van der Waals surface area (Å²) < 4.78 is 0. The van der Waals surface area contributed by atoms with E-state index in [1.807, 2.05) is 29.3 Å². The van der Waals surface area contributed by atoms with Gasteiger partial charge in [0.25, 0.3) is 0 Å². The number of carbonyl (C=O) groups is 1. The number of hydrogen-bond donors (Lipinski definition) is 1. The van der Waals surface area contributed by atoms with Gasteiger partial charge >= 0.3 is 6.03 Å². The minimum Gasteiger partial charge on any atom is -0.354 e. The number of nitrogens with one attached hydrogen (secondary N) is 1. The molecule has 1 atom stereocenters. The van der Waals surface area contributed by atoms with Gasteiger partial charge in [-0.15, -0.1) is 11.3 Å². The number of hydrogen-bond acceptors (Lipinski definition) is 5. The predicted octanol–water partition coefficient (Wildman–Crippen LogP) is 1.30. The molecule has 1 N–H and O–H groups in total. The number of likely N-dealkylation sites (tertiary alicyclic amines) is 1. The molecule has 7 heteroatoms. The minimum atomic E-state index is 0.0238. The Morgan fingerprint density at radius 2 is 2.24 bits per heavy atom. The first-order chi connectivity index (χ1) is 9.95. The maximum absolute atomic E-state index is 12.2. The third-order valence-corrected chi connectivity index (χ3v) is 4.60. The van der Waals surface area contributed by atoms with Crippen LogP contribution in [0.1, 0.15) is 12.1 Å². The topological polar surface area (TPSA) is 51.7 Å². The second-order valence-corrected chi connectivity index (χ2v) is 6.87. The quantitative estimate of drug-likeness (QED) is 0.890. The van der Waals surface area contributed by atoms with E-state index in [4.69, 9.17) is 0 Å². The lowest BCUT2D eigenvalue weighted by Gasteiger charge is -2.18. The molecule has 0 bridgehead atoms. The van der Waals surface area contributed by atoms with E-state index >= 15 is 0 Å². The molecule has 1 aromatic heterocycles. The standard InChI is InChI=1S/C14H25N5OS/c1-17(2)8-11-5-6-19(9-11)13(20)15-7-12-10-21-14(16-12)18(3)4/h10-11H,5-9H2,1-4H3,(H,15,20)/t11-/m1/s1. The molecule has 1 aliphatic rings. The van der Waals surface area contributed by atoms with Crippen molar-refractivity contribution < 1.29 is 4.79 Å². The van der Waals surface area contributed by atoms with Crippen LogP contribution in [0.3, 0.4) is 0 Å². The van der Waals surface area contributed by atoms with Crippen LogP contribution in [0.15, 0.2) is 5.38 Å². The van der Waals surface area contributed by atoms with Crippen LogP contribution in [0.2, 0.25) is 0 Å². The predicted molar refractivity (Wildman–Crippen MR) is 86.9 cm³/mol. The average molecular weight is 311 g/mol. The van der Waals surface area contributed by atoms with E-state index in [0.29, 0.717) is 12.5 Å². The molecule has 0 spiro atoms. The molecule has 2 rings (SSSR count). The highest BCUT2D eigenvalue weighted by atomic mass is 32.1. The van der Waals surface area contributed by atoms with Crippen molar-refractivity contribution in [3.63, 3.8) is 0 Å². The van der Waals surface area contributed by atoms with Gasteiger partial charge in [-0.25, -0.2) is 9.78 Å². The van der Waals surface area contributed by atoms with Gasteiger partial charge in [-0.1, -0.05) is 0 Å². The SMILES string of the molecule is CN(C)C[C@H]1CCN(C(=O)NCc2csc(N(C)C)n2)C1. The van der Waals surface area contributed by atoms with Crippen LogP contribution in [-0.4, -0.2) is 68.6 Å². The Kier molecular flexibility index (Phi) is 5.41. The van der Waals surface area contributed by atoms with E-state index in [0.717, 1.165) is 36.9 Å². The molecule has 0 radical (unpaired) electrons. The molecule has 1 aliphatic heterocycles. The van der Waals surface area contributed by atoms with E-state index in [2.05, 4.69) is 29.3 Å². The van der Waals surface area contributed by atoms with Crippen molar-refractivity contribution in [2.75, 3.05) is 52.7 Å². The summed E-state index contributed by atoms with van der Waals surface area (Å²) in [6.45, 7) is 3.24. The van der Waals surface area contributed by atoms with Crippen LogP contribution in [0, 0.1) is 5.92 Å². The van der Waals surface area contributed by atoms with Crippen molar-refractivity contribution in [2.24, 2.45) is 5.92 Å². The van der Waals surface area contributed by atoms with E-state index in [1.54, 1.807) is 11.3 Å². The number of rotatable bonds is 5. The molecule has 1 aromatic rings. The van der Waals surface area contributed by atoms with Gasteiger partial charge in [-0.2, -0.15) is 0 Å². The van der Waals surface area contributed by atoms with Gasteiger partial charge in [-0.3, -0.25) is 0 Å². The Bertz CT molecular complexity index is 474. The van der Waals surface area contributed by atoms with Crippen molar-refractivity contribution in [1.29, 1.82) is 0 Å². The first-order valence-corrected chi connectivity index (χ1v) is 8.13. The molecule has 0 aromatic carbocycles. The van der Waals surface area contributed by atoms with Crippen molar-refractivity contribution in [3.05, 3.63) is 11.1 Å². The van der Waals surface area contributed by atoms with Gasteiger partial charge in [0.2, 0.25) is 0 Å². The van der Waals surface area contributed by atoms with Gasteiger partial charge in [-0.05, 0) is 26.4 Å². The third kappa shape index (κ3) is 4.57. The van der Waals surface area contributed by atoms with Crippen molar-refractivity contribution in [1.82, 2.24) is 20.1 Å². The minimum absolute atomic E-state index is 0.0238. The highest BCUT2D eigenvalue weighted by molar-refractivity contribution is 7.13. The Morgan fingerprint density at radius 1 is 1.48 bits per heavy atom. The molecule has 118 valence electrons. The zero-order valence-corrected chi connectivity index (χ0v) is 14.1. The molecular weight excluding hydrogens is 286 g/mol. The fourth-order valence-corrected chi connectivity index (χ4v) is 3.30. The van der Waals surface area contributed by atoms with Crippen LogP contribution < -0.4 is 10.2 Å². The smallest absolute Gasteiger partial charge is 0.317 e. The Labute approximate surface area is 130 Å². The fourth-order valence-electron chi connectivity index (χ4n) is 2.54. The molecule has 0 unspecified atom stereocenters. The van der Waals surface area contributed by atoms with Gasteiger partial charge in [0, 0.05) is 39.1 Å². The number of thiazole rings is 1. The van der Waals surface area contributed by atoms with Gasteiger partial charge < -0.3 is 20.0 Å². The van der Waals surface area contributed by atoms with Gasteiger partial charge in [0.15, 0.2) is 5.13 Å². The lowest BCUT2D eigenvalue weighted by Crippen LogP contribution is -2.38. The van der Waals surface area contributed by atoms with E-state index in [9.17, 15) is 4.79 Å². The summed E-state index contributed by atoms with van der Waals surface area (Å²) >= 11 is 1.59. The summed E-state index contributed by atoms with van der Waals surface area (Å²) in [5.74, 6) is 0.588. The van der Waals surface area contributed by atoms with Gasteiger partial charge in [0.1, 0.15) is 0 Å². The highest BCUT2D eigenvalue weighted by Crippen LogP contribution is 2.19. The second kappa shape index (κ2) is 7.09. The highest BCUT2D eigenvalue weighted by Gasteiger charge is 2.26. The Balaban J connectivity index is 1.77. The molecule has 1 fully saturated rings. The Morgan fingerprint density at radius 3 is 2.86 bits per heavy atom. The van der Waals surface area contributed by atoms with Crippen molar-refractivity contribution >= 4 is 22.5 Å². The first kappa shape index (κ1) is 16.0. The maximum Gasteiger partial charge on any atom is 0.317 e. The normalized spacial score (nSPS) is 18.3. The van der Waals surface area contributed by atoms with Crippen LogP contribution in [0.25, 0.3) is 0 Å². The molecule has 1 saturated heterocycles. The zero-order valence-electron chi connectivity index (χ0n) is 13.3. The summed E-state index contributed by atoms with van der Waals surface area (Å²) in [6, 6.07) is 0.0238. The lowest BCUT2D eigenvalue weighted by molar-refractivity contribution is 0.205. The summed E-state index contributed by atoms with van der Waals surface area (Å²) in [5.41, 5.74) is 0.918. The zero-order chi connectivity index (χ0) is 15.4. The molecule has 21 heavy (non-hydrogen) atoms. The van der Waals surface area contributed by atoms with Crippen LogP contribution >= 0.6 is 11.3 Å². The first-order valence-electron chi connectivity index (χ1n) is 7.25. The molecular formula is C14H25N5OS. The maximum atomic E-state index is 12.2. The number of aromatic nitrogens is 1. The summed E-state index contributed by atoms with van der Waals surface area (Å²) in [5, 5.41) is 5.92. The lowest BCUT2D eigenvalue weighted by atomic mass is 10.1. The number of urea groups is 1. The second-order valence-electron chi connectivity index (χ2n) is 6.04. The molecule has 0 aliphatic carbocycles. The van der Waals surface area contributed by atoms with Crippen molar-refractivity contribution in [2.45, 2.75) is 13.0 Å². The Hall–Kier alpha value is -1.34. The van der Waals surface area contributed by atoms with E-state index < -0.39 is 0 Å². The third-order valence-electron chi connectivity index (χ3n) is 3.54. The molecule has 0 saturated carbocycles. The molecule has 2 heterocycles. The van der Waals surface area contributed by atoms with E-state index in [1.165, 1.54) is 0 Å². The number of carbonyl (C=O) groups excluding carboxylic acids is 1. The largest absolute Gasteiger partial charge is 0.354 e. The number of anilines is 1. The monoisotopic (exact) mass is 311 g/mol. The molecule has 6 nitrogen and oxygen atoms in total. The van der Waals surface area contributed by atoms with Crippen LogP contribution in [0.4, 0.5) is 9.93 Å². The van der Waals surface area contributed by atoms with Crippen molar-refractivity contribution in [3.8, 4) is 0 Å². The number of amides is 2. The van der Waals surface area contributed by atoms with Crippen LogP contribution in [0.5, 0.6) is 0 Å². The summed E-state index contributed by atoms with van der Waals surface area (Å²) in [4.78, 5) is 22.7. The van der Waals surface area contributed by atoms with E-state index in [-0.39, 0.29) is 6.03 Å². The summed E-state index contributed by atoms with van der Waals surface area (Å²) in [7, 11) is 8.09. The average Bonchev–Trinajstić information content (AvgIpc) is 3.04. The fraction of sp³-hybridized carbons (Fsp3) is 0.714. The molecule has 2 amide bonds. The van der Waals surface area contributed by atoms with Crippen LogP contribution in [-0.2, 0) is 6.54 Å². The summed E-state index contributed by atoms with van der Waals surface area (Å²) in [6.07, 6.45) is 1.09.